The molecule has 0 radical (unpaired) electrons. The van der Waals surface area contributed by atoms with Crippen LogP contribution in [0.25, 0.3) is 0 Å². The summed E-state index contributed by atoms with van der Waals surface area (Å²) in [6.07, 6.45) is -0.133. The molecule has 108 valence electrons. The third-order valence-corrected chi connectivity index (χ3v) is 4.09. The van der Waals surface area contributed by atoms with Gasteiger partial charge in [-0.25, -0.2) is 0 Å². The standard InChI is InChI=1S/C13H23N3O2S/c1-5-17-10(13(2,3)4)11-15-12(18-16-11)9-8-19-7-6-14-9/h9-10,14H,5-8H2,1-4H3. The smallest absolute Gasteiger partial charge is 0.244 e. The molecule has 1 aliphatic rings. The number of nitrogens with zero attached hydrogens (tertiary/aromatic N) is 2. The van der Waals surface area contributed by atoms with Crippen molar-refractivity contribution in [3.63, 3.8) is 0 Å². The van der Waals surface area contributed by atoms with Crippen LogP contribution in [0, 0.1) is 5.41 Å². The van der Waals surface area contributed by atoms with Gasteiger partial charge in [0.1, 0.15) is 6.10 Å². The summed E-state index contributed by atoms with van der Waals surface area (Å²) in [6, 6.07) is 0.169. The monoisotopic (exact) mass is 285 g/mol. The second-order valence-corrected chi connectivity index (χ2v) is 6.92. The zero-order valence-corrected chi connectivity index (χ0v) is 12.9. The first-order chi connectivity index (χ1) is 9.02. The maximum Gasteiger partial charge on any atom is 0.244 e. The summed E-state index contributed by atoms with van der Waals surface area (Å²) in [4.78, 5) is 4.54. The molecule has 2 atom stereocenters. The average Bonchev–Trinajstić information content (AvgIpc) is 2.84. The lowest BCUT2D eigenvalue weighted by Gasteiger charge is -2.27. The van der Waals surface area contributed by atoms with E-state index in [1.54, 1.807) is 0 Å². The first-order valence-electron chi connectivity index (χ1n) is 6.78. The summed E-state index contributed by atoms with van der Waals surface area (Å²) in [7, 11) is 0. The zero-order chi connectivity index (χ0) is 13.9. The Morgan fingerprint density at radius 3 is 2.89 bits per heavy atom. The lowest BCUT2D eigenvalue weighted by Crippen LogP contribution is -2.30. The van der Waals surface area contributed by atoms with Crippen LogP contribution in [0.4, 0.5) is 0 Å². The van der Waals surface area contributed by atoms with E-state index in [1.807, 2.05) is 18.7 Å². The van der Waals surface area contributed by atoms with E-state index in [1.165, 1.54) is 0 Å². The molecule has 1 N–H and O–H groups in total. The molecule has 6 heteroatoms. The molecule has 0 aliphatic carbocycles. The van der Waals surface area contributed by atoms with Crippen molar-refractivity contribution >= 4 is 11.8 Å². The molecule has 19 heavy (non-hydrogen) atoms. The van der Waals surface area contributed by atoms with Crippen LogP contribution in [0.1, 0.15) is 51.6 Å². The van der Waals surface area contributed by atoms with Crippen LogP contribution >= 0.6 is 11.8 Å². The molecule has 0 bridgehead atoms. The average molecular weight is 285 g/mol. The van der Waals surface area contributed by atoms with E-state index in [0.29, 0.717) is 18.3 Å². The highest BCUT2D eigenvalue weighted by molar-refractivity contribution is 7.99. The van der Waals surface area contributed by atoms with Crippen LogP contribution in [0.2, 0.25) is 0 Å². The minimum absolute atomic E-state index is 0.0497. The SMILES string of the molecule is CCOC(c1noc(C2CSCCN2)n1)C(C)(C)C. The third-order valence-electron chi connectivity index (χ3n) is 3.03. The van der Waals surface area contributed by atoms with Crippen LogP contribution in [0.15, 0.2) is 4.52 Å². The molecule has 1 aliphatic heterocycles. The van der Waals surface area contributed by atoms with Crippen molar-refractivity contribution in [3.05, 3.63) is 11.7 Å². The van der Waals surface area contributed by atoms with E-state index in [-0.39, 0.29) is 17.6 Å². The highest BCUT2D eigenvalue weighted by atomic mass is 32.2. The van der Waals surface area contributed by atoms with E-state index >= 15 is 0 Å². The van der Waals surface area contributed by atoms with Gasteiger partial charge >= 0.3 is 0 Å². The second-order valence-electron chi connectivity index (χ2n) is 5.77. The zero-order valence-electron chi connectivity index (χ0n) is 12.1. The predicted octanol–water partition coefficient (Wildman–Crippen LogP) is 2.57. The van der Waals surface area contributed by atoms with Gasteiger partial charge in [0.2, 0.25) is 11.7 Å². The first-order valence-corrected chi connectivity index (χ1v) is 7.94. The molecular weight excluding hydrogens is 262 g/mol. The summed E-state index contributed by atoms with van der Waals surface area (Å²) >= 11 is 1.91. The van der Waals surface area contributed by atoms with E-state index in [0.717, 1.165) is 18.1 Å². The number of aromatic nitrogens is 2. The molecule has 0 saturated carbocycles. The number of rotatable bonds is 4. The molecule has 5 nitrogen and oxygen atoms in total. The summed E-state index contributed by atoms with van der Waals surface area (Å²) in [6.45, 7) is 9.98. The topological polar surface area (TPSA) is 60.2 Å². The lowest BCUT2D eigenvalue weighted by molar-refractivity contribution is -0.0203. The predicted molar refractivity (Wildman–Crippen MR) is 76.2 cm³/mol. The summed E-state index contributed by atoms with van der Waals surface area (Å²) in [5.74, 6) is 3.45. The van der Waals surface area contributed by atoms with Crippen LogP contribution in [0.3, 0.4) is 0 Å². The highest BCUT2D eigenvalue weighted by Gasteiger charge is 2.32. The van der Waals surface area contributed by atoms with Crippen molar-refractivity contribution in [3.8, 4) is 0 Å². The Morgan fingerprint density at radius 2 is 2.32 bits per heavy atom. The Labute approximate surface area is 118 Å². The Bertz CT molecular complexity index is 397. The number of nitrogens with one attached hydrogen (secondary N) is 1. The minimum atomic E-state index is -0.133. The van der Waals surface area contributed by atoms with E-state index < -0.39 is 0 Å². The summed E-state index contributed by atoms with van der Waals surface area (Å²) in [5.41, 5.74) is -0.0497. The normalized spacial score (nSPS) is 22.4. The molecule has 0 spiro atoms. The van der Waals surface area contributed by atoms with Gasteiger partial charge in [0.15, 0.2) is 0 Å². The molecule has 1 saturated heterocycles. The molecule has 0 amide bonds. The maximum absolute atomic E-state index is 5.78. The highest BCUT2D eigenvalue weighted by Crippen LogP contribution is 2.35. The fourth-order valence-electron chi connectivity index (χ4n) is 2.10. The summed E-state index contributed by atoms with van der Waals surface area (Å²) in [5, 5.41) is 7.52. The number of hydrogen-bond acceptors (Lipinski definition) is 6. The van der Waals surface area contributed by atoms with Gasteiger partial charge in [-0.2, -0.15) is 16.7 Å². The molecule has 0 aromatic carbocycles. The quantitative estimate of drug-likeness (QED) is 0.917. The van der Waals surface area contributed by atoms with Crippen LogP contribution < -0.4 is 5.32 Å². The molecule has 1 aromatic rings. The van der Waals surface area contributed by atoms with E-state index in [2.05, 4.69) is 36.2 Å². The van der Waals surface area contributed by atoms with Gasteiger partial charge in [-0.05, 0) is 12.3 Å². The molecule has 2 rings (SSSR count). The Balaban J connectivity index is 2.13. The van der Waals surface area contributed by atoms with Gasteiger partial charge in [0, 0.05) is 24.7 Å². The van der Waals surface area contributed by atoms with Crippen molar-refractivity contribution in [2.24, 2.45) is 5.41 Å². The van der Waals surface area contributed by atoms with Gasteiger partial charge in [-0.3, -0.25) is 0 Å². The van der Waals surface area contributed by atoms with Crippen molar-refractivity contribution in [2.75, 3.05) is 24.7 Å². The van der Waals surface area contributed by atoms with Crippen molar-refractivity contribution in [2.45, 2.75) is 39.8 Å². The van der Waals surface area contributed by atoms with Gasteiger partial charge in [-0.1, -0.05) is 25.9 Å². The second kappa shape index (κ2) is 6.24. The van der Waals surface area contributed by atoms with Crippen molar-refractivity contribution in [1.82, 2.24) is 15.5 Å². The first kappa shape index (κ1) is 14.8. The number of hydrogen-bond donors (Lipinski definition) is 1. The van der Waals surface area contributed by atoms with Crippen molar-refractivity contribution in [1.29, 1.82) is 0 Å². The Kier molecular flexibility index (Phi) is 4.86. The summed E-state index contributed by atoms with van der Waals surface area (Å²) < 4.78 is 11.2. The fourth-order valence-corrected chi connectivity index (χ4v) is 3.02. The van der Waals surface area contributed by atoms with Gasteiger partial charge in [0.25, 0.3) is 0 Å². The van der Waals surface area contributed by atoms with Gasteiger partial charge < -0.3 is 14.6 Å². The molecule has 2 heterocycles. The van der Waals surface area contributed by atoms with Crippen LogP contribution in [-0.2, 0) is 4.74 Å². The number of ether oxygens (including phenoxy) is 1. The Hall–Kier alpha value is -0.590. The van der Waals surface area contributed by atoms with Crippen molar-refractivity contribution < 1.29 is 9.26 Å². The molecular formula is C13H23N3O2S. The number of thioether (sulfide) groups is 1. The molecule has 2 unspecified atom stereocenters. The lowest BCUT2D eigenvalue weighted by atomic mass is 9.88. The Morgan fingerprint density at radius 1 is 1.53 bits per heavy atom. The fraction of sp³-hybridized carbons (Fsp3) is 0.846. The maximum atomic E-state index is 5.78. The molecule has 1 fully saturated rings. The van der Waals surface area contributed by atoms with Crippen LogP contribution in [0.5, 0.6) is 0 Å². The van der Waals surface area contributed by atoms with Crippen LogP contribution in [-0.4, -0.2) is 34.8 Å². The minimum Gasteiger partial charge on any atom is -0.370 e. The van der Waals surface area contributed by atoms with E-state index in [9.17, 15) is 0 Å². The molecule has 1 aromatic heterocycles. The van der Waals surface area contributed by atoms with Gasteiger partial charge in [0.05, 0.1) is 6.04 Å². The largest absolute Gasteiger partial charge is 0.370 e. The third kappa shape index (κ3) is 3.70. The van der Waals surface area contributed by atoms with E-state index in [4.69, 9.17) is 9.26 Å². The van der Waals surface area contributed by atoms with Gasteiger partial charge in [-0.15, -0.1) is 0 Å².